The largest absolute Gasteiger partial charge is 0.386 e. The van der Waals surface area contributed by atoms with Crippen LogP contribution < -0.4 is 10.6 Å². The van der Waals surface area contributed by atoms with Gasteiger partial charge in [-0.05, 0) is 36.2 Å². The van der Waals surface area contributed by atoms with Crippen LogP contribution in [0.15, 0.2) is 54.9 Å². The molecule has 0 spiro atoms. The molecule has 7 heteroatoms. The minimum absolute atomic E-state index is 0.104. The summed E-state index contributed by atoms with van der Waals surface area (Å²) in [5.74, 6) is 0.893. The van der Waals surface area contributed by atoms with E-state index in [1.54, 1.807) is 30.3 Å². The molecule has 0 radical (unpaired) electrons. The number of nitrogens with zero attached hydrogens (tertiary/aromatic N) is 4. The van der Waals surface area contributed by atoms with Gasteiger partial charge in [-0.2, -0.15) is 0 Å². The predicted molar refractivity (Wildman–Crippen MR) is 108 cm³/mol. The average molecular weight is 379 g/mol. The summed E-state index contributed by atoms with van der Waals surface area (Å²) in [7, 11) is 1.73. The van der Waals surface area contributed by atoms with Crippen LogP contribution in [0.1, 0.15) is 22.3 Å². The zero-order valence-corrected chi connectivity index (χ0v) is 16.0. The molecule has 1 aliphatic rings. The molecule has 0 unspecified atom stereocenters. The maximum Gasteiger partial charge on any atom is 0.253 e. The van der Waals surface area contributed by atoms with Crippen molar-refractivity contribution in [2.45, 2.75) is 18.6 Å². The molecule has 146 valence electrons. The first-order valence-electron chi connectivity index (χ1n) is 9.43. The average Bonchev–Trinajstić information content (AvgIpc) is 3.34. The Morgan fingerprint density at radius 2 is 2.07 bits per heavy atom. The van der Waals surface area contributed by atoms with Crippen molar-refractivity contribution >= 4 is 17.4 Å². The fourth-order valence-electron chi connectivity index (χ4n) is 3.89. The number of carbonyl (C=O) groups excluding carboxylic acids is 1. The van der Waals surface area contributed by atoms with Crippen molar-refractivity contribution in [1.29, 1.82) is 0 Å². The van der Waals surface area contributed by atoms with Crippen molar-refractivity contribution in [3.63, 3.8) is 0 Å². The molecule has 3 aromatic rings. The molecule has 4 rings (SSSR count). The predicted octanol–water partition coefficient (Wildman–Crippen LogP) is 1.51. The van der Waals surface area contributed by atoms with Gasteiger partial charge in [0, 0.05) is 44.6 Å². The molecule has 3 N–H and O–H groups in total. The SMILES string of the molecule is CN(C[C@@]1(O)CCN(c2cccc3nccn23)C1)C(=O)c1ccc(CN)cc1. The second-order valence-corrected chi connectivity index (χ2v) is 7.50. The number of imidazole rings is 1. The van der Waals surface area contributed by atoms with E-state index in [2.05, 4.69) is 9.88 Å². The maximum atomic E-state index is 12.7. The molecule has 28 heavy (non-hydrogen) atoms. The molecular weight excluding hydrogens is 354 g/mol. The van der Waals surface area contributed by atoms with Crippen LogP contribution >= 0.6 is 0 Å². The van der Waals surface area contributed by atoms with Crippen LogP contribution in [0.2, 0.25) is 0 Å². The molecule has 1 aliphatic heterocycles. The van der Waals surface area contributed by atoms with Gasteiger partial charge in [-0.3, -0.25) is 9.20 Å². The van der Waals surface area contributed by atoms with Crippen LogP contribution in [0.3, 0.4) is 0 Å². The van der Waals surface area contributed by atoms with E-state index in [1.165, 1.54) is 0 Å². The van der Waals surface area contributed by atoms with Gasteiger partial charge in [-0.25, -0.2) is 4.98 Å². The first-order chi connectivity index (χ1) is 13.5. The smallest absolute Gasteiger partial charge is 0.253 e. The molecule has 1 atom stereocenters. The van der Waals surface area contributed by atoms with E-state index >= 15 is 0 Å². The second kappa shape index (κ2) is 7.26. The van der Waals surface area contributed by atoms with Gasteiger partial charge in [0.05, 0.1) is 6.54 Å². The van der Waals surface area contributed by atoms with Crippen LogP contribution in [-0.4, -0.2) is 57.6 Å². The van der Waals surface area contributed by atoms with E-state index in [9.17, 15) is 9.90 Å². The van der Waals surface area contributed by atoms with Crippen molar-refractivity contribution < 1.29 is 9.90 Å². The summed E-state index contributed by atoms with van der Waals surface area (Å²) >= 11 is 0. The Labute approximate surface area is 164 Å². The van der Waals surface area contributed by atoms with Gasteiger partial charge in [0.25, 0.3) is 5.91 Å². The lowest BCUT2D eigenvalue weighted by atomic mass is 10.0. The van der Waals surface area contributed by atoms with Gasteiger partial charge < -0.3 is 20.6 Å². The molecule has 7 nitrogen and oxygen atoms in total. The lowest BCUT2D eigenvalue weighted by Gasteiger charge is -2.29. The summed E-state index contributed by atoms with van der Waals surface area (Å²) in [6.45, 7) is 1.92. The van der Waals surface area contributed by atoms with Crippen molar-refractivity contribution in [3.8, 4) is 0 Å². The Balaban J connectivity index is 1.45. The van der Waals surface area contributed by atoms with E-state index in [4.69, 9.17) is 5.73 Å². The number of pyridine rings is 1. The van der Waals surface area contributed by atoms with E-state index in [-0.39, 0.29) is 12.5 Å². The van der Waals surface area contributed by atoms with Gasteiger partial charge in [0.2, 0.25) is 0 Å². The number of amides is 1. The molecule has 1 fully saturated rings. The molecular formula is C21H25N5O2. The van der Waals surface area contributed by atoms with E-state index < -0.39 is 5.60 Å². The lowest BCUT2D eigenvalue weighted by Crippen LogP contribution is -2.46. The van der Waals surface area contributed by atoms with Gasteiger partial charge >= 0.3 is 0 Å². The number of fused-ring (bicyclic) bond motifs is 1. The Hall–Kier alpha value is -2.90. The van der Waals surface area contributed by atoms with E-state index in [0.717, 1.165) is 23.6 Å². The van der Waals surface area contributed by atoms with Crippen LogP contribution in [0.4, 0.5) is 5.82 Å². The highest BCUT2D eigenvalue weighted by atomic mass is 16.3. The molecule has 3 heterocycles. The summed E-state index contributed by atoms with van der Waals surface area (Å²) in [5, 5.41) is 11.1. The van der Waals surface area contributed by atoms with Gasteiger partial charge in [0.1, 0.15) is 17.1 Å². The van der Waals surface area contributed by atoms with E-state index in [0.29, 0.717) is 25.1 Å². The van der Waals surface area contributed by atoms with Crippen molar-refractivity contribution in [2.75, 3.05) is 31.6 Å². The highest BCUT2D eigenvalue weighted by Crippen LogP contribution is 2.28. The maximum absolute atomic E-state index is 12.7. The fourth-order valence-corrected chi connectivity index (χ4v) is 3.89. The lowest BCUT2D eigenvalue weighted by molar-refractivity contribution is 0.0264. The minimum Gasteiger partial charge on any atom is -0.386 e. The quantitative estimate of drug-likeness (QED) is 0.702. The number of rotatable bonds is 5. The zero-order chi connectivity index (χ0) is 19.7. The second-order valence-electron chi connectivity index (χ2n) is 7.50. The van der Waals surface area contributed by atoms with Crippen LogP contribution in [0, 0.1) is 0 Å². The number of nitrogens with two attached hydrogens (primary N) is 1. The third-order valence-electron chi connectivity index (χ3n) is 5.38. The Bertz CT molecular complexity index is 984. The first-order valence-corrected chi connectivity index (χ1v) is 9.43. The first kappa shape index (κ1) is 18.5. The zero-order valence-electron chi connectivity index (χ0n) is 16.0. The topological polar surface area (TPSA) is 87.1 Å². The number of benzene rings is 1. The highest BCUT2D eigenvalue weighted by Gasteiger charge is 2.38. The summed E-state index contributed by atoms with van der Waals surface area (Å²) in [5.41, 5.74) is 7.12. The molecule has 1 amide bonds. The monoisotopic (exact) mass is 379 g/mol. The highest BCUT2D eigenvalue weighted by molar-refractivity contribution is 5.94. The molecule has 1 saturated heterocycles. The number of carbonyl (C=O) groups is 1. The Kier molecular flexibility index (Phi) is 4.78. The molecule has 2 aromatic heterocycles. The van der Waals surface area contributed by atoms with Crippen molar-refractivity contribution in [3.05, 3.63) is 66.0 Å². The number of hydrogen-bond acceptors (Lipinski definition) is 5. The number of anilines is 1. The van der Waals surface area contributed by atoms with Gasteiger partial charge in [0.15, 0.2) is 0 Å². The minimum atomic E-state index is -0.954. The van der Waals surface area contributed by atoms with Crippen molar-refractivity contribution in [1.82, 2.24) is 14.3 Å². The fraction of sp³-hybridized carbons (Fsp3) is 0.333. The van der Waals surface area contributed by atoms with Crippen LogP contribution in [-0.2, 0) is 6.54 Å². The van der Waals surface area contributed by atoms with Crippen LogP contribution in [0.5, 0.6) is 0 Å². The van der Waals surface area contributed by atoms with Gasteiger partial charge in [-0.15, -0.1) is 0 Å². The third-order valence-corrected chi connectivity index (χ3v) is 5.38. The Morgan fingerprint density at radius 3 is 2.82 bits per heavy atom. The standard InChI is InChI=1S/C21H25N5O2/c1-24(20(27)17-7-5-16(13-22)6-8-17)14-21(28)9-11-25(15-21)19-4-2-3-18-23-10-12-26(18)19/h2-8,10,12,28H,9,11,13-15,22H2,1H3/t21-/m0/s1. The number of aromatic nitrogens is 2. The summed E-state index contributed by atoms with van der Waals surface area (Å²) in [6.07, 6.45) is 4.29. The molecule has 0 saturated carbocycles. The van der Waals surface area contributed by atoms with Crippen molar-refractivity contribution in [2.24, 2.45) is 5.73 Å². The van der Waals surface area contributed by atoms with E-state index in [1.807, 2.05) is 40.9 Å². The molecule has 0 aliphatic carbocycles. The number of aliphatic hydroxyl groups is 1. The summed E-state index contributed by atoms with van der Waals surface area (Å²) < 4.78 is 2.01. The molecule has 1 aromatic carbocycles. The normalized spacial score (nSPS) is 19.3. The summed E-state index contributed by atoms with van der Waals surface area (Å²) in [6, 6.07) is 13.2. The summed E-state index contributed by atoms with van der Waals surface area (Å²) in [4.78, 5) is 20.8. The third kappa shape index (κ3) is 3.46. The number of likely N-dealkylation sites (N-methyl/N-ethyl adjacent to an activating group) is 1. The molecule has 0 bridgehead atoms. The van der Waals surface area contributed by atoms with Gasteiger partial charge in [-0.1, -0.05) is 18.2 Å². The Morgan fingerprint density at radius 1 is 1.29 bits per heavy atom. The number of β-amino-alcohol motifs (C(OH)–C–C–N with tert-alkyl or cyclic N) is 1. The number of hydrogen-bond donors (Lipinski definition) is 2. The van der Waals surface area contributed by atoms with Crippen LogP contribution in [0.25, 0.3) is 5.65 Å².